The molecule has 0 unspecified atom stereocenters. The molecule has 4 nitrogen and oxygen atoms in total. The third-order valence-electron chi connectivity index (χ3n) is 3.18. The minimum atomic E-state index is -3.42. The van der Waals surface area contributed by atoms with E-state index in [9.17, 15) is 8.42 Å². The largest absolute Gasteiger partial charge is 0.497 e. The summed E-state index contributed by atoms with van der Waals surface area (Å²) in [6.07, 6.45) is 0.719. The van der Waals surface area contributed by atoms with Gasteiger partial charge >= 0.3 is 0 Å². The van der Waals surface area contributed by atoms with E-state index in [1.165, 1.54) is 15.6 Å². The lowest BCUT2D eigenvalue weighted by atomic mass is 10.1. The number of benzene rings is 1. The molecule has 2 aromatic rings. The van der Waals surface area contributed by atoms with Crippen LogP contribution < -0.4 is 9.04 Å². The number of sulfonamides is 1. The number of fused-ring (bicyclic) bond motifs is 1. The fourth-order valence-electron chi connectivity index (χ4n) is 2.24. The summed E-state index contributed by atoms with van der Waals surface area (Å²) < 4.78 is 32.1. The summed E-state index contributed by atoms with van der Waals surface area (Å²) in [5, 5.41) is 1.78. The first kappa shape index (κ1) is 12.5. The van der Waals surface area contributed by atoms with Crippen LogP contribution in [0.15, 0.2) is 39.9 Å². The van der Waals surface area contributed by atoms with Crippen LogP contribution in [-0.4, -0.2) is 22.1 Å². The number of ether oxygens (including phenoxy) is 1. The number of nitrogens with zero attached hydrogens (tertiary/aromatic N) is 1. The van der Waals surface area contributed by atoms with Gasteiger partial charge in [-0.1, -0.05) is 6.07 Å². The first-order valence-corrected chi connectivity index (χ1v) is 8.18. The molecule has 100 valence electrons. The van der Waals surface area contributed by atoms with Crippen LogP contribution in [0.1, 0.15) is 5.56 Å². The fourth-order valence-corrected chi connectivity index (χ4v) is 4.85. The van der Waals surface area contributed by atoms with E-state index in [-0.39, 0.29) is 0 Å². The van der Waals surface area contributed by atoms with Crippen molar-refractivity contribution in [3.05, 3.63) is 41.3 Å². The molecule has 0 saturated heterocycles. The summed E-state index contributed by atoms with van der Waals surface area (Å²) in [5.41, 5.74) is 1.77. The minimum Gasteiger partial charge on any atom is -0.497 e. The predicted octanol–water partition coefficient (Wildman–Crippen LogP) is 2.51. The molecular formula is C13H13NO3S2. The molecule has 0 saturated carbocycles. The van der Waals surface area contributed by atoms with Crippen molar-refractivity contribution in [1.29, 1.82) is 0 Å². The second-order valence-electron chi connectivity index (χ2n) is 4.25. The smallest absolute Gasteiger partial charge is 0.273 e. The first-order valence-electron chi connectivity index (χ1n) is 5.86. The molecule has 0 radical (unpaired) electrons. The monoisotopic (exact) mass is 295 g/mol. The Kier molecular flexibility index (Phi) is 2.99. The van der Waals surface area contributed by atoms with E-state index >= 15 is 0 Å². The van der Waals surface area contributed by atoms with Gasteiger partial charge in [0.05, 0.1) is 12.8 Å². The highest BCUT2D eigenvalue weighted by Gasteiger charge is 2.31. The van der Waals surface area contributed by atoms with Crippen LogP contribution in [-0.2, 0) is 16.4 Å². The van der Waals surface area contributed by atoms with Gasteiger partial charge in [0.25, 0.3) is 10.0 Å². The van der Waals surface area contributed by atoms with Crippen molar-refractivity contribution in [2.45, 2.75) is 10.6 Å². The van der Waals surface area contributed by atoms with Gasteiger partial charge < -0.3 is 4.74 Å². The quantitative estimate of drug-likeness (QED) is 0.874. The Morgan fingerprint density at radius 2 is 2.16 bits per heavy atom. The van der Waals surface area contributed by atoms with E-state index in [1.807, 2.05) is 12.1 Å². The van der Waals surface area contributed by atoms with Gasteiger partial charge in [0, 0.05) is 6.54 Å². The van der Waals surface area contributed by atoms with E-state index < -0.39 is 10.0 Å². The van der Waals surface area contributed by atoms with E-state index in [0.29, 0.717) is 10.8 Å². The van der Waals surface area contributed by atoms with Crippen molar-refractivity contribution in [3.8, 4) is 5.75 Å². The maximum absolute atomic E-state index is 12.5. The lowest BCUT2D eigenvalue weighted by Gasteiger charge is -2.18. The molecule has 6 heteroatoms. The maximum Gasteiger partial charge on any atom is 0.273 e. The third kappa shape index (κ3) is 2.01. The van der Waals surface area contributed by atoms with Crippen molar-refractivity contribution in [3.63, 3.8) is 0 Å². The molecule has 0 bridgehead atoms. The van der Waals surface area contributed by atoms with Crippen LogP contribution >= 0.6 is 11.3 Å². The molecule has 1 aromatic heterocycles. The third-order valence-corrected chi connectivity index (χ3v) is 6.37. The number of rotatable bonds is 3. The molecule has 1 aliphatic rings. The average Bonchev–Trinajstić information content (AvgIpc) is 3.07. The second kappa shape index (κ2) is 4.54. The molecule has 0 fully saturated rings. The molecule has 3 rings (SSSR count). The molecule has 1 aliphatic heterocycles. The zero-order valence-corrected chi connectivity index (χ0v) is 12.0. The number of hydrogen-bond acceptors (Lipinski definition) is 4. The maximum atomic E-state index is 12.5. The van der Waals surface area contributed by atoms with Crippen LogP contribution in [0.4, 0.5) is 5.69 Å². The molecule has 0 amide bonds. The zero-order chi connectivity index (χ0) is 13.5. The number of hydrogen-bond donors (Lipinski definition) is 0. The van der Waals surface area contributed by atoms with E-state index in [0.717, 1.165) is 23.4 Å². The van der Waals surface area contributed by atoms with E-state index in [4.69, 9.17) is 4.74 Å². The first-order chi connectivity index (χ1) is 9.13. The van der Waals surface area contributed by atoms with Gasteiger partial charge in [0.15, 0.2) is 0 Å². The summed E-state index contributed by atoms with van der Waals surface area (Å²) in [7, 11) is -1.81. The summed E-state index contributed by atoms with van der Waals surface area (Å²) in [6.45, 7) is 0.489. The molecular weight excluding hydrogens is 282 g/mol. The molecule has 2 heterocycles. The molecule has 1 aromatic carbocycles. The Morgan fingerprint density at radius 3 is 2.84 bits per heavy atom. The molecule has 0 N–H and O–H groups in total. The number of thiophene rings is 1. The predicted molar refractivity (Wildman–Crippen MR) is 75.5 cm³/mol. The van der Waals surface area contributed by atoms with Crippen molar-refractivity contribution in [2.75, 3.05) is 18.0 Å². The summed E-state index contributed by atoms with van der Waals surface area (Å²) in [6, 6.07) is 8.90. The van der Waals surface area contributed by atoms with Gasteiger partial charge in [-0.25, -0.2) is 8.42 Å². The lowest BCUT2D eigenvalue weighted by molar-refractivity contribution is 0.414. The zero-order valence-electron chi connectivity index (χ0n) is 10.4. The minimum absolute atomic E-state index is 0.385. The van der Waals surface area contributed by atoms with Gasteiger partial charge in [-0.3, -0.25) is 4.31 Å². The van der Waals surface area contributed by atoms with Gasteiger partial charge in [-0.15, -0.1) is 11.3 Å². The molecule has 0 aliphatic carbocycles. The average molecular weight is 295 g/mol. The SMILES string of the molecule is COc1ccc2c(c1)CCN2S(=O)(=O)c1cccs1. The normalized spacial score (nSPS) is 14.5. The van der Waals surface area contributed by atoms with Crippen molar-refractivity contribution < 1.29 is 13.2 Å². The summed E-state index contributed by atoms with van der Waals surface area (Å²) in [4.78, 5) is 0. The van der Waals surface area contributed by atoms with Gasteiger partial charge in [-0.05, 0) is 41.6 Å². The van der Waals surface area contributed by atoms with Gasteiger partial charge in [0.1, 0.15) is 9.96 Å². The van der Waals surface area contributed by atoms with Crippen molar-refractivity contribution >= 4 is 27.0 Å². The number of anilines is 1. The summed E-state index contributed by atoms with van der Waals surface area (Å²) >= 11 is 1.24. The Labute approximate surface area is 116 Å². The topological polar surface area (TPSA) is 46.6 Å². The van der Waals surface area contributed by atoms with Crippen LogP contribution in [0.5, 0.6) is 5.75 Å². The van der Waals surface area contributed by atoms with Gasteiger partial charge in [0.2, 0.25) is 0 Å². The van der Waals surface area contributed by atoms with Crippen LogP contribution in [0.3, 0.4) is 0 Å². The summed E-state index contributed by atoms with van der Waals surface area (Å²) in [5.74, 6) is 0.758. The van der Waals surface area contributed by atoms with Crippen molar-refractivity contribution in [2.24, 2.45) is 0 Å². The standard InChI is InChI=1S/C13H13NO3S2/c1-17-11-4-5-12-10(9-11)6-7-14(12)19(15,16)13-3-2-8-18-13/h2-5,8-9H,6-7H2,1H3. The molecule has 0 spiro atoms. The van der Waals surface area contributed by atoms with Crippen LogP contribution in [0.25, 0.3) is 0 Å². The second-order valence-corrected chi connectivity index (χ2v) is 7.29. The number of methoxy groups -OCH3 is 1. The molecule has 0 atom stereocenters. The fraction of sp³-hybridized carbons (Fsp3) is 0.231. The van der Waals surface area contributed by atoms with Crippen molar-refractivity contribution in [1.82, 2.24) is 0 Å². The Hall–Kier alpha value is -1.53. The highest BCUT2D eigenvalue weighted by Crippen LogP contribution is 2.35. The Bertz CT molecular complexity index is 693. The van der Waals surface area contributed by atoms with Gasteiger partial charge in [-0.2, -0.15) is 0 Å². The van der Waals surface area contributed by atoms with Crippen LogP contribution in [0, 0.1) is 0 Å². The highest BCUT2D eigenvalue weighted by molar-refractivity contribution is 7.94. The Balaban J connectivity index is 2.03. The van der Waals surface area contributed by atoms with E-state index in [2.05, 4.69) is 0 Å². The molecule has 19 heavy (non-hydrogen) atoms. The lowest BCUT2D eigenvalue weighted by Crippen LogP contribution is -2.28. The Morgan fingerprint density at radius 1 is 1.32 bits per heavy atom. The highest BCUT2D eigenvalue weighted by atomic mass is 32.2. The van der Waals surface area contributed by atoms with Crippen LogP contribution in [0.2, 0.25) is 0 Å². The van der Waals surface area contributed by atoms with E-state index in [1.54, 1.807) is 30.7 Å².